The number of methoxy groups -OCH3 is 2. The van der Waals surface area contributed by atoms with Crippen LogP contribution in [0.1, 0.15) is 24.8 Å². The van der Waals surface area contributed by atoms with Crippen LogP contribution >= 0.6 is 7.82 Å². The number of fused-ring (bicyclic) bond motifs is 1. The van der Waals surface area contributed by atoms with Crippen molar-refractivity contribution in [2.45, 2.75) is 30.7 Å². The molecule has 7 nitrogen and oxygen atoms in total. The Morgan fingerprint density at radius 2 is 1.46 bits per heavy atom. The summed E-state index contributed by atoms with van der Waals surface area (Å²) in [6, 6.07) is 24.2. The molecule has 0 N–H and O–H groups in total. The Morgan fingerprint density at radius 3 is 2.05 bits per heavy atom. The van der Waals surface area contributed by atoms with Crippen molar-refractivity contribution in [3.8, 4) is 23.0 Å². The van der Waals surface area contributed by atoms with Gasteiger partial charge in [-0.05, 0) is 74.5 Å². The molecule has 0 radical (unpaired) electrons. The fourth-order valence-electron chi connectivity index (χ4n) is 5.37. The number of benzene rings is 3. The van der Waals surface area contributed by atoms with Crippen LogP contribution in [-0.2, 0) is 14.5 Å². The highest BCUT2D eigenvalue weighted by Gasteiger charge is 2.50. The molecule has 1 heterocycles. The zero-order valence-electron chi connectivity index (χ0n) is 21.3. The molecule has 3 aromatic rings. The molecule has 1 aliphatic carbocycles. The SMILES string of the molecule is COc1ccc([C@@]23CC=C(OP(=O)(Oc4ccccc4)Oc4ccccc4)C[C@@H]2N(C)CC3)cc1OC. The first kappa shape index (κ1) is 25.2. The number of phosphoric ester groups is 1. The summed E-state index contributed by atoms with van der Waals surface area (Å²) in [7, 11) is 1.39. The summed E-state index contributed by atoms with van der Waals surface area (Å²) < 4.78 is 42.8. The molecule has 1 saturated heterocycles. The molecule has 8 heteroatoms. The van der Waals surface area contributed by atoms with E-state index in [0.717, 1.165) is 19.4 Å². The molecule has 0 aromatic heterocycles. The Bertz CT molecular complexity index is 1250. The molecule has 3 aromatic carbocycles. The molecule has 1 fully saturated rings. The van der Waals surface area contributed by atoms with E-state index in [4.69, 9.17) is 23.0 Å². The summed E-state index contributed by atoms with van der Waals surface area (Å²) in [5, 5.41) is 0. The molecule has 0 amide bonds. The van der Waals surface area contributed by atoms with Crippen molar-refractivity contribution in [3.63, 3.8) is 0 Å². The summed E-state index contributed by atoms with van der Waals surface area (Å²) in [5.74, 6) is 2.85. The van der Waals surface area contributed by atoms with Gasteiger partial charge < -0.3 is 27.9 Å². The van der Waals surface area contributed by atoms with Crippen LogP contribution < -0.4 is 18.5 Å². The maximum atomic E-state index is 13.9. The van der Waals surface area contributed by atoms with Crippen molar-refractivity contribution in [1.29, 1.82) is 0 Å². The minimum atomic E-state index is -4.03. The lowest BCUT2D eigenvalue weighted by atomic mass is 9.68. The third kappa shape index (κ3) is 5.20. The number of allylic oxidation sites excluding steroid dienone is 1. The molecular weight excluding hydrogens is 489 g/mol. The van der Waals surface area contributed by atoms with E-state index in [2.05, 4.69) is 24.1 Å². The number of para-hydroxylation sites is 2. The standard InChI is InChI=1S/C29H32NO6P/c1-30-19-18-29(22-14-15-26(32-2)27(20-22)33-3)17-16-25(21-28(29)30)36-37(31,34-23-10-6-4-7-11-23)35-24-12-8-5-9-13-24/h4-16,20,28H,17-19,21H2,1-3H3/t28-,29-/m0/s1. The first-order valence-electron chi connectivity index (χ1n) is 12.4. The lowest BCUT2D eigenvalue weighted by molar-refractivity contribution is 0.185. The minimum absolute atomic E-state index is 0.119. The monoisotopic (exact) mass is 521 g/mol. The van der Waals surface area contributed by atoms with E-state index in [1.54, 1.807) is 38.5 Å². The van der Waals surface area contributed by atoms with Gasteiger partial charge in [0.15, 0.2) is 11.5 Å². The van der Waals surface area contributed by atoms with E-state index >= 15 is 0 Å². The number of rotatable bonds is 9. The summed E-state index contributed by atoms with van der Waals surface area (Å²) in [5.41, 5.74) is 1.07. The second-order valence-corrected chi connectivity index (χ2v) is 10.8. The fraction of sp³-hybridized carbons (Fsp3) is 0.310. The van der Waals surface area contributed by atoms with Gasteiger partial charge in [-0.15, -0.1) is 0 Å². The van der Waals surface area contributed by atoms with Crippen molar-refractivity contribution in [1.82, 2.24) is 4.90 Å². The summed E-state index contributed by atoms with van der Waals surface area (Å²) in [6.07, 6.45) is 4.32. The second-order valence-electron chi connectivity index (χ2n) is 9.40. The highest BCUT2D eigenvalue weighted by atomic mass is 31.2. The highest BCUT2D eigenvalue weighted by molar-refractivity contribution is 7.49. The van der Waals surface area contributed by atoms with Gasteiger partial charge in [0.25, 0.3) is 0 Å². The number of hydrogen-bond acceptors (Lipinski definition) is 7. The van der Waals surface area contributed by atoms with E-state index in [9.17, 15) is 4.57 Å². The van der Waals surface area contributed by atoms with Gasteiger partial charge in [0.05, 0.1) is 14.2 Å². The summed E-state index contributed by atoms with van der Waals surface area (Å²) in [4.78, 5) is 2.34. The van der Waals surface area contributed by atoms with E-state index in [1.165, 1.54) is 5.56 Å². The average molecular weight is 522 g/mol. The van der Waals surface area contributed by atoms with Crippen molar-refractivity contribution >= 4 is 7.82 Å². The van der Waals surface area contributed by atoms with Gasteiger partial charge in [0.2, 0.25) is 0 Å². The van der Waals surface area contributed by atoms with Gasteiger partial charge in [0.1, 0.15) is 17.3 Å². The minimum Gasteiger partial charge on any atom is -0.493 e. The van der Waals surface area contributed by atoms with Gasteiger partial charge in [-0.25, -0.2) is 0 Å². The van der Waals surface area contributed by atoms with E-state index in [1.807, 2.05) is 48.5 Å². The Hall–Kier alpha value is -3.41. The number of likely N-dealkylation sites (tertiary alicyclic amines) is 1. The molecular formula is C29H32NO6P. The average Bonchev–Trinajstić information content (AvgIpc) is 3.26. The van der Waals surface area contributed by atoms with Gasteiger partial charge >= 0.3 is 7.82 Å². The topological polar surface area (TPSA) is 66.5 Å². The van der Waals surface area contributed by atoms with E-state index < -0.39 is 7.82 Å². The predicted molar refractivity (Wildman–Crippen MR) is 142 cm³/mol. The van der Waals surface area contributed by atoms with Crippen LogP contribution in [0.4, 0.5) is 0 Å². The van der Waals surface area contributed by atoms with Gasteiger partial charge in [-0.1, -0.05) is 42.5 Å². The summed E-state index contributed by atoms with van der Waals surface area (Å²) >= 11 is 0. The number of nitrogens with zero attached hydrogens (tertiary/aromatic N) is 1. The smallest absolute Gasteiger partial charge is 0.493 e. The van der Waals surface area contributed by atoms with Gasteiger partial charge in [-0.3, -0.25) is 0 Å². The lowest BCUT2D eigenvalue weighted by Gasteiger charge is -2.41. The van der Waals surface area contributed by atoms with Crippen LogP contribution in [0.3, 0.4) is 0 Å². The maximum absolute atomic E-state index is 13.9. The quantitative estimate of drug-likeness (QED) is 0.294. The normalized spacial score (nSPS) is 21.5. The van der Waals surface area contributed by atoms with Crippen molar-refractivity contribution in [2.24, 2.45) is 0 Å². The molecule has 1 aliphatic heterocycles. The molecule has 0 saturated carbocycles. The van der Waals surface area contributed by atoms with Crippen molar-refractivity contribution in [3.05, 3.63) is 96.3 Å². The zero-order chi connectivity index (χ0) is 25.9. The van der Waals surface area contributed by atoms with Crippen LogP contribution in [0.25, 0.3) is 0 Å². The fourth-order valence-corrected chi connectivity index (χ4v) is 6.68. The number of ether oxygens (including phenoxy) is 2. The Labute approximate surface area is 218 Å². The van der Waals surface area contributed by atoms with Crippen molar-refractivity contribution in [2.75, 3.05) is 27.8 Å². The molecule has 2 aliphatic rings. The Balaban J connectivity index is 1.44. The maximum Gasteiger partial charge on any atom is 0.646 e. The second kappa shape index (κ2) is 10.5. The Kier molecular flexibility index (Phi) is 7.18. The van der Waals surface area contributed by atoms with Gasteiger partial charge in [-0.2, -0.15) is 4.57 Å². The van der Waals surface area contributed by atoms with Crippen LogP contribution in [0.5, 0.6) is 23.0 Å². The van der Waals surface area contributed by atoms with Crippen LogP contribution in [0.15, 0.2) is 90.7 Å². The third-order valence-corrected chi connectivity index (χ3v) is 8.60. The number of hydrogen-bond donors (Lipinski definition) is 0. The molecule has 5 rings (SSSR count). The van der Waals surface area contributed by atoms with E-state index in [-0.39, 0.29) is 11.5 Å². The zero-order valence-corrected chi connectivity index (χ0v) is 22.2. The predicted octanol–water partition coefficient (Wildman–Crippen LogP) is 6.61. The van der Waals surface area contributed by atoms with Crippen LogP contribution in [0.2, 0.25) is 0 Å². The van der Waals surface area contributed by atoms with Crippen LogP contribution in [-0.4, -0.2) is 38.8 Å². The first-order chi connectivity index (χ1) is 17.9. The molecule has 194 valence electrons. The Morgan fingerprint density at radius 1 is 0.838 bits per heavy atom. The summed E-state index contributed by atoms with van der Waals surface area (Å²) in [6.45, 7) is 0.943. The van der Waals surface area contributed by atoms with Crippen molar-refractivity contribution < 1.29 is 27.6 Å². The number of likely N-dealkylation sites (N-methyl/N-ethyl adjacent to an activating group) is 1. The molecule has 0 bridgehead atoms. The first-order valence-corrected chi connectivity index (χ1v) is 13.8. The molecule has 37 heavy (non-hydrogen) atoms. The number of phosphoric acid groups is 1. The highest BCUT2D eigenvalue weighted by Crippen LogP contribution is 2.55. The van der Waals surface area contributed by atoms with E-state index in [0.29, 0.717) is 35.2 Å². The lowest BCUT2D eigenvalue weighted by Crippen LogP contribution is -2.43. The molecule has 2 atom stereocenters. The molecule has 0 spiro atoms. The third-order valence-electron chi connectivity index (χ3n) is 7.28. The largest absolute Gasteiger partial charge is 0.646 e. The van der Waals surface area contributed by atoms with Crippen LogP contribution in [0, 0.1) is 0 Å². The van der Waals surface area contributed by atoms with Gasteiger partial charge in [0, 0.05) is 17.9 Å². The molecule has 0 unspecified atom stereocenters.